The van der Waals surface area contributed by atoms with Crippen LogP contribution in [-0.4, -0.2) is 0 Å². The molecule has 1 aliphatic carbocycles. The van der Waals surface area contributed by atoms with Gasteiger partial charge < -0.3 is 4.90 Å². The molecule has 9 aromatic carbocycles. The van der Waals surface area contributed by atoms with Gasteiger partial charge in [0.05, 0.1) is 0 Å². The molecule has 0 radical (unpaired) electrons. The van der Waals surface area contributed by atoms with Gasteiger partial charge in [0.25, 0.3) is 0 Å². The Balaban J connectivity index is 1.14. The van der Waals surface area contributed by atoms with E-state index in [-0.39, 0.29) is 5.41 Å². The average molecular weight is 690 g/mol. The number of anilines is 3. The third-order valence-corrected chi connectivity index (χ3v) is 11.5. The second-order valence-corrected chi connectivity index (χ2v) is 14.9. The summed E-state index contributed by atoms with van der Waals surface area (Å²) in [6.07, 6.45) is 0. The quantitative estimate of drug-likeness (QED) is 0.157. The van der Waals surface area contributed by atoms with Gasteiger partial charge in [-0.2, -0.15) is 0 Å². The zero-order chi connectivity index (χ0) is 36.2. The Morgan fingerprint density at radius 1 is 0.315 bits per heavy atom. The van der Waals surface area contributed by atoms with Crippen molar-refractivity contribution >= 4 is 38.6 Å². The van der Waals surface area contributed by atoms with E-state index in [4.69, 9.17) is 0 Å². The maximum atomic E-state index is 2.42. The molecule has 0 heterocycles. The lowest BCUT2D eigenvalue weighted by atomic mass is 9.82. The first-order valence-corrected chi connectivity index (χ1v) is 18.8. The van der Waals surface area contributed by atoms with Crippen molar-refractivity contribution in [3.05, 3.63) is 211 Å². The maximum Gasteiger partial charge on any atom is 0.0468 e. The summed E-state index contributed by atoms with van der Waals surface area (Å²) in [5.41, 5.74) is 16.0. The van der Waals surface area contributed by atoms with Crippen molar-refractivity contribution < 1.29 is 0 Å². The van der Waals surface area contributed by atoms with E-state index < -0.39 is 0 Å². The van der Waals surface area contributed by atoms with Crippen LogP contribution < -0.4 is 4.90 Å². The number of nitrogens with zero attached hydrogens (tertiary/aromatic N) is 1. The lowest BCUT2D eigenvalue weighted by Crippen LogP contribution is -2.15. The number of benzene rings is 9. The normalized spacial score (nSPS) is 12.8. The molecule has 0 N–H and O–H groups in total. The molecule has 9 aromatic rings. The maximum absolute atomic E-state index is 2.42. The monoisotopic (exact) mass is 689 g/mol. The van der Waals surface area contributed by atoms with Gasteiger partial charge in [-0.15, -0.1) is 0 Å². The highest BCUT2D eigenvalue weighted by atomic mass is 15.1. The van der Waals surface area contributed by atoms with Gasteiger partial charge in [0, 0.05) is 22.5 Å². The van der Waals surface area contributed by atoms with Crippen LogP contribution in [0.2, 0.25) is 0 Å². The first kappa shape index (κ1) is 32.0. The van der Waals surface area contributed by atoms with E-state index in [9.17, 15) is 0 Å². The topological polar surface area (TPSA) is 3.24 Å². The Kier molecular flexibility index (Phi) is 7.56. The van der Waals surface area contributed by atoms with Crippen molar-refractivity contribution in [1.29, 1.82) is 0 Å². The highest BCUT2D eigenvalue weighted by Crippen LogP contribution is 2.51. The fourth-order valence-corrected chi connectivity index (χ4v) is 8.79. The van der Waals surface area contributed by atoms with E-state index >= 15 is 0 Å². The molecule has 0 saturated heterocycles. The summed E-state index contributed by atoms with van der Waals surface area (Å²) < 4.78 is 0. The van der Waals surface area contributed by atoms with Crippen molar-refractivity contribution in [3.63, 3.8) is 0 Å². The summed E-state index contributed by atoms with van der Waals surface area (Å²) in [6.45, 7) is 4.69. The van der Waals surface area contributed by atoms with E-state index in [0.29, 0.717) is 0 Å². The van der Waals surface area contributed by atoms with E-state index in [2.05, 4.69) is 219 Å². The van der Waals surface area contributed by atoms with Crippen LogP contribution in [0.25, 0.3) is 66.1 Å². The Morgan fingerprint density at radius 3 is 1.67 bits per heavy atom. The summed E-state index contributed by atoms with van der Waals surface area (Å²) in [7, 11) is 0. The van der Waals surface area contributed by atoms with Gasteiger partial charge in [0.2, 0.25) is 0 Å². The van der Waals surface area contributed by atoms with E-state index in [1.54, 1.807) is 0 Å². The molecule has 256 valence electrons. The lowest BCUT2D eigenvalue weighted by Gasteiger charge is -2.28. The molecule has 1 nitrogen and oxygen atoms in total. The van der Waals surface area contributed by atoms with Crippen LogP contribution in [0.5, 0.6) is 0 Å². The van der Waals surface area contributed by atoms with Crippen LogP contribution in [0.4, 0.5) is 17.1 Å². The molecule has 1 heteroatoms. The molecular formula is C53H39N. The summed E-state index contributed by atoms with van der Waals surface area (Å²) >= 11 is 0. The molecule has 0 bridgehead atoms. The highest BCUT2D eigenvalue weighted by molar-refractivity contribution is 6.13. The fraction of sp³-hybridized carbons (Fsp3) is 0.0566. The molecule has 0 atom stereocenters. The minimum Gasteiger partial charge on any atom is -0.310 e. The van der Waals surface area contributed by atoms with Crippen LogP contribution >= 0.6 is 0 Å². The van der Waals surface area contributed by atoms with Gasteiger partial charge in [0.1, 0.15) is 0 Å². The van der Waals surface area contributed by atoms with E-state index in [0.717, 1.165) is 17.1 Å². The molecule has 0 amide bonds. The smallest absolute Gasteiger partial charge is 0.0468 e. The van der Waals surface area contributed by atoms with Crippen LogP contribution in [0.1, 0.15) is 25.0 Å². The highest BCUT2D eigenvalue weighted by Gasteiger charge is 2.35. The molecule has 0 unspecified atom stereocenters. The molecule has 0 aliphatic heterocycles. The predicted octanol–water partition coefficient (Wildman–Crippen LogP) is 14.8. The van der Waals surface area contributed by atoms with Crippen molar-refractivity contribution in [1.82, 2.24) is 0 Å². The summed E-state index contributed by atoms with van der Waals surface area (Å²) in [4.78, 5) is 2.42. The largest absolute Gasteiger partial charge is 0.310 e. The van der Waals surface area contributed by atoms with Gasteiger partial charge in [-0.05, 0) is 120 Å². The van der Waals surface area contributed by atoms with Crippen LogP contribution in [0, 0.1) is 0 Å². The molecule has 1 aliphatic rings. The van der Waals surface area contributed by atoms with Gasteiger partial charge >= 0.3 is 0 Å². The zero-order valence-corrected chi connectivity index (χ0v) is 30.5. The Hall–Kier alpha value is -6.70. The number of fused-ring (bicyclic) bond motifs is 6. The van der Waals surface area contributed by atoms with Crippen LogP contribution in [0.3, 0.4) is 0 Å². The SMILES string of the molecule is CC1(C)c2ccccc2-c2cc(N(c3ccc(-c4cc5ccccc5c5ccccc45)cc3)c3cccc(-c4ccccc4-c4ccccc4)c3)ccc21. The number of rotatable bonds is 6. The standard InChI is InChI=1S/C53H39N/c1-53(2)51-26-13-12-25-48(51)50-35-42(31-32-52(50)53)54(41-19-14-18-38(33-41)44-21-9-8-20-43(44)36-15-4-3-5-16-36)40-29-27-37(28-30-40)49-34-39-17-6-7-22-45(39)46-23-10-11-24-47(46)49/h3-35H,1-2H3. The molecule has 54 heavy (non-hydrogen) atoms. The zero-order valence-electron chi connectivity index (χ0n) is 30.5. The van der Waals surface area contributed by atoms with Gasteiger partial charge in [0.15, 0.2) is 0 Å². The second-order valence-electron chi connectivity index (χ2n) is 14.9. The molecule has 0 spiro atoms. The molecule has 10 rings (SSSR count). The first-order chi connectivity index (χ1) is 26.5. The summed E-state index contributed by atoms with van der Waals surface area (Å²) in [5.74, 6) is 0. The van der Waals surface area contributed by atoms with Crippen LogP contribution in [0.15, 0.2) is 200 Å². The van der Waals surface area contributed by atoms with Gasteiger partial charge in [-0.25, -0.2) is 0 Å². The Labute approximate surface area is 317 Å². The molecule has 0 aromatic heterocycles. The Bertz CT molecular complexity index is 2850. The summed E-state index contributed by atoms with van der Waals surface area (Å²) in [5, 5.41) is 5.09. The lowest BCUT2D eigenvalue weighted by molar-refractivity contribution is 0.660. The molecule has 0 saturated carbocycles. The molecular weight excluding hydrogens is 651 g/mol. The minimum atomic E-state index is -0.0549. The average Bonchev–Trinajstić information content (AvgIpc) is 3.46. The van der Waals surface area contributed by atoms with Gasteiger partial charge in [-0.3, -0.25) is 0 Å². The van der Waals surface area contributed by atoms with Crippen molar-refractivity contribution in [3.8, 4) is 44.5 Å². The second kappa shape index (κ2) is 12.8. The predicted molar refractivity (Wildman–Crippen MR) is 230 cm³/mol. The fourth-order valence-electron chi connectivity index (χ4n) is 8.79. The summed E-state index contributed by atoms with van der Waals surface area (Å²) in [6, 6.07) is 73.4. The van der Waals surface area contributed by atoms with Crippen molar-refractivity contribution in [2.24, 2.45) is 0 Å². The molecule has 0 fully saturated rings. The van der Waals surface area contributed by atoms with E-state index in [1.807, 2.05) is 0 Å². The third-order valence-electron chi connectivity index (χ3n) is 11.5. The van der Waals surface area contributed by atoms with Crippen molar-refractivity contribution in [2.45, 2.75) is 19.3 Å². The first-order valence-electron chi connectivity index (χ1n) is 18.8. The van der Waals surface area contributed by atoms with Crippen LogP contribution in [-0.2, 0) is 5.41 Å². The van der Waals surface area contributed by atoms with Gasteiger partial charge in [-0.1, -0.05) is 172 Å². The van der Waals surface area contributed by atoms with E-state index in [1.165, 1.54) is 77.2 Å². The minimum absolute atomic E-state index is 0.0549. The third kappa shape index (κ3) is 5.24. The number of hydrogen-bond donors (Lipinski definition) is 0. The number of hydrogen-bond acceptors (Lipinski definition) is 1. The van der Waals surface area contributed by atoms with Crippen molar-refractivity contribution in [2.75, 3.05) is 4.90 Å². The Morgan fingerprint density at radius 2 is 0.870 bits per heavy atom.